The highest BCUT2D eigenvalue weighted by atomic mass is 19.4. The molecule has 0 bridgehead atoms. The van der Waals surface area contributed by atoms with E-state index in [-0.39, 0.29) is 46.3 Å². The first-order valence-electron chi connectivity index (χ1n) is 13.7. The van der Waals surface area contributed by atoms with Gasteiger partial charge in [-0.15, -0.1) is 0 Å². The van der Waals surface area contributed by atoms with Gasteiger partial charge in [-0.1, -0.05) is 0 Å². The van der Waals surface area contributed by atoms with Crippen molar-refractivity contribution in [3.8, 4) is 22.6 Å². The molecule has 1 aliphatic carbocycles. The van der Waals surface area contributed by atoms with Crippen LogP contribution in [0, 0.1) is 11.6 Å². The minimum absolute atomic E-state index is 0.0301. The number of methoxy groups -OCH3 is 1. The summed E-state index contributed by atoms with van der Waals surface area (Å²) in [5, 5.41) is 6.25. The second-order valence-corrected chi connectivity index (χ2v) is 10.5. The van der Waals surface area contributed by atoms with Gasteiger partial charge in [-0.2, -0.15) is 18.3 Å². The van der Waals surface area contributed by atoms with Gasteiger partial charge in [0.05, 0.1) is 23.7 Å². The fourth-order valence-corrected chi connectivity index (χ4v) is 5.25. The summed E-state index contributed by atoms with van der Waals surface area (Å²) >= 11 is 0. The Morgan fingerprint density at radius 1 is 1.11 bits per heavy atom. The maximum atomic E-state index is 15.4. The molecule has 0 unspecified atom stereocenters. The molecular formula is C30H25F5N6O4. The van der Waals surface area contributed by atoms with Crippen molar-refractivity contribution in [2.75, 3.05) is 12.0 Å². The molecule has 15 heteroatoms. The van der Waals surface area contributed by atoms with Crippen LogP contribution in [0.15, 0.2) is 59.7 Å². The van der Waals surface area contributed by atoms with Crippen LogP contribution in [0.2, 0.25) is 0 Å². The molecule has 0 saturated heterocycles. The monoisotopic (exact) mass is 628 g/mol. The molecule has 10 nitrogen and oxygen atoms in total. The third-order valence-corrected chi connectivity index (χ3v) is 7.50. The van der Waals surface area contributed by atoms with Crippen LogP contribution >= 0.6 is 0 Å². The molecule has 0 atom stereocenters. The molecule has 0 aliphatic heterocycles. The van der Waals surface area contributed by atoms with Gasteiger partial charge in [0, 0.05) is 24.3 Å². The number of carbonyl (C=O) groups excluding carboxylic acids is 1. The number of alkyl halides is 3. The third kappa shape index (κ3) is 5.72. The lowest BCUT2D eigenvalue weighted by molar-refractivity contribution is -0.137. The summed E-state index contributed by atoms with van der Waals surface area (Å²) in [5.41, 5.74) is -1.76. The van der Waals surface area contributed by atoms with Gasteiger partial charge in [-0.25, -0.2) is 18.6 Å². The number of benzene rings is 3. The Kier molecular flexibility index (Phi) is 7.54. The normalized spacial score (nSPS) is 13.3. The number of aromatic nitrogens is 5. The van der Waals surface area contributed by atoms with Gasteiger partial charge in [0.15, 0.2) is 23.1 Å². The third-order valence-electron chi connectivity index (χ3n) is 7.50. The number of hydrogen-bond donors (Lipinski definition) is 1. The molecule has 5 aromatic rings. The minimum atomic E-state index is -4.85. The van der Waals surface area contributed by atoms with Crippen molar-refractivity contribution < 1.29 is 36.2 Å². The zero-order chi connectivity index (χ0) is 32.0. The second kappa shape index (κ2) is 11.4. The lowest BCUT2D eigenvalue weighted by atomic mass is 9.99. The van der Waals surface area contributed by atoms with Gasteiger partial charge in [0.1, 0.15) is 25.3 Å². The maximum absolute atomic E-state index is 15.4. The van der Waals surface area contributed by atoms with E-state index < -0.39 is 41.5 Å². The molecule has 1 saturated carbocycles. The van der Waals surface area contributed by atoms with Gasteiger partial charge in [0.2, 0.25) is 5.91 Å². The van der Waals surface area contributed by atoms with E-state index in [0.717, 1.165) is 27.3 Å². The average Bonchev–Trinajstić information content (AvgIpc) is 3.64. The summed E-state index contributed by atoms with van der Waals surface area (Å²) in [4.78, 5) is 32.4. The summed E-state index contributed by atoms with van der Waals surface area (Å²) in [7, 11) is 2.59. The Hall–Kier alpha value is -5.21. The highest BCUT2D eigenvalue weighted by Crippen LogP contribution is 2.41. The van der Waals surface area contributed by atoms with Gasteiger partial charge in [0.25, 0.3) is 0 Å². The lowest BCUT2D eigenvalue weighted by Crippen LogP contribution is -2.38. The van der Waals surface area contributed by atoms with Gasteiger partial charge in [-0.3, -0.25) is 19.0 Å². The van der Waals surface area contributed by atoms with Crippen molar-refractivity contribution >= 4 is 22.6 Å². The van der Waals surface area contributed by atoms with Crippen LogP contribution in [0.5, 0.6) is 11.5 Å². The van der Waals surface area contributed by atoms with Crippen LogP contribution in [0.1, 0.15) is 24.2 Å². The Morgan fingerprint density at radius 2 is 1.84 bits per heavy atom. The van der Waals surface area contributed by atoms with Gasteiger partial charge < -0.3 is 14.4 Å². The number of amides is 1. The lowest BCUT2D eigenvalue weighted by Gasteiger charge is -2.23. The molecule has 45 heavy (non-hydrogen) atoms. The number of aryl methyl sites for hydroxylation is 1. The van der Waals surface area contributed by atoms with E-state index in [1.54, 1.807) is 0 Å². The largest absolute Gasteiger partial charge is 0.493 e. The Labute approximate surface area is 251 Å². The van der Waals surface area contributed by atoms with Crippen molar-refractivity contribution in [3.05, 3.63) is 88.4 Å². The van der Waals surface area contributed by atoms with Crippen molar-refractivity contribution in [2.45, 2.75) is 38.2 Å². The molecule has 3 aromatic carbocycles. The first kappa shape index (κ1) is 29.8. The number of rotatable bonds is 9. The highest BCUT2D eigenvalue weighted by molar-refractivity contribution is 5.97. The molecule has 0 spiro atoms. The van der Waals surface area contributed by atoms with Gasteiger partial charge in [-0.05, 0) is 66.9 Å². The molecule has 0 radical (unpaired) electrons. The van der Waals surface area contributed by atoms with Crippen LogP contribution < -0.4 is 20.1 Å². The number of hydrogen-bond acceptors (Lipinski definition) is 6. The average molecular weight is 629 g/mol. The molecule has 2 heterocycles. The van der Waals surface area contributed by atoms with E-state index in [4.69, 9.17) is 9.47 Å². The second-order valence-electron chi connectivity index (χ2n) is 10.5. The SMILES string of the molecule is COc1cc(-c2cc(C(F)(F)F)cc3c2n(C)c(=O)n3CC(=O)N(c2ccc(F)cc2)C2CC2)cc(F)c1OCc1ncn[nH]1. The molecule has 2 aromatic heterocycles. The fourth-order valence-electron chi connectivity index (χ4n) is 5.25. The standard InChI is InChI=1S/C30H25F5N6O4/c1-39-27-21(16-9-22(32)28(24(10-16)44-2)45-14-25-36-15-37-38-25)11-17(30(33,34)35)12-23(27)40(29(39)43)13-26(42)41(20-7-8-20)19-5-3-18(31)4-6-19/h3-6,9-12,15,20H,7-8,13-14H2,1-2H3,(H,36,37,38). The number of anilines is 1. The molecule has 1 amide bonds. The van der Waals surface area contributed by atoms with Gasteiger partial charge >= 0.3 is 11.9 Å². The van der Waals surface area contributed by atoms with Crippen LogP contribution in [0.3, 0.4) is 0 Å². The maximum Gasteiger partial charge on any atom is 0.416 e. The molecule has 1 fully saturated rings. The predicted molar refractivity (Wildman–Crippen MR) is 152 cm³/mol. The molecule has 234 valence electrons. The van der Waals surface area contributed by atoms with E-state index in [1.165, 1.54) is 55.7 Å². The number of fused-ring (bicyclic) bond motifs is 1. The highest BCUT2D eigenvalue weighted by Gasteiger charge is 2.36. The molecule has 1 aliphatic rings. The van der Waals surface area contributed by atoms with Crippen molar-refractivity contribution in [2.24, 2.45) is 7.05 Å². The number of halogens is 5. The van der Waals surface area contributed by atoms with Crippen molar-refractivity contribution in [1.82, 2.24) is 24.3 Å². The summed E-state index contributed by atoms with van der Waals surface area (Å²) in [5.74, 6) is -2.12. The Balaban J connectivity index is 1.46. The van der Waals surface area contributed by atoms with Crippen LogP contribution in [-0.4, -0.2) is 43.4 Å². The zero-order valence-electron chi connectivity index (χ0n) is 23.9. The fraction of sp³-hybridized carbons (Fsp3) is 0.267. The van der Waals surface area contributed by atoms with Crippen LogP contribution in [0.25, 0.3) is 22.2 Å². The Morgan fingerprint density at radius 3 is 2.47 bits per heavy atom. The predicted octanol–water partition coefficient (Wildman–Crippen LogP) is 5.21. The van der Waals surface area contributed by atoms with E-state index in [0.29, 0.717) is 24.4 Å². The number of nitrogens with zero attached hydrogens (tertiary/aromatic N) is 5. The summed E-state index contributed by atoms with van der Waals surface area (Å²) in [6.45, 7) is -0.779. The van der Waals surface area contributed by atoms with E-state index in [1.807, 2.05) is 0 Å². The van der Waals surface area contributed by atoms with Crippen molar-refractivity contribution in [1.29, 1.82) is 0 Å². The van der Waals surface area contributed by atoms with E-state index in [2.05, 4.69) is 15.2 Å². The number of H-pyrrole nitrogens is 1. The molecular weight excluding hydrogens is 603 g/mol. The van der Waals surface area contributed by atoms with E-state index >= 15 is 4.39 Å². The topological polar surface area (TPSA) is 107 Å². The number of imidazole rings is 1. The number of aromatic amines is 1. The molecule has 6 rings (SSSR count). The summed E-state index contributed by atoms with van der Waals surface area (Å²) in [6, 6.07) is 8.94. The zero-order valence-corrected chi connectivity index (χ0v) is 23.9. The smallest absolute Gasteiger partial charge is 0.416 e. The first-order valence-corrected chi connectivity index (χ1v) is 13.7. The molecule has 1 N–H and O–H groups in total. The number of nitrogens with one attached hydrogen (secondary N) is 1. The number of ether oxygens (including phenoxy) is 2. The number of carbonyl (C=O) groups is 1. The van der Waals surface area contributed by atoms with E-state index in [9.17, 15) is 27.2 Å². The van der Waals surface area contributed by atoms with Crippen LogP contribution in [-0.2, 0) is 31.2 Å². The summed E-state index contributed by atoms with van der Waals surface area (Å²) < 4.78 is 84.5. The van der Waals surface area contributed by atoms with Crippen molar-refractivity contribution in [3.63, 3.8) is 0 Å². The Bertz CT molecular complexity index is 1950. The summed E-state index contributed by atoms with van der Waals surface area (Å²) in [6.07, 6.45) is -2.24. The first-order chi connectivity index (χ1) is 21.5. The minimum Gasteiger partial charge on any atom is -0.493 e. The quantitative estimate of drug-likeness (QED) is 0.225. The van der Waals surface area contributed by atoms with Crippen LogP contribution in [0.4, 0.5) is 27.6 Å².